The second-order valence-corrected chi connectivity index (χ2v) is 7.93. The largest absolute Gasteiger partial charge is 0.484 e. The van der Waals surface area contributed by atoms with Gasteiger partial charge in [0.25, 0.3) is 11.8 Å². The molecule has 0 radical (unpaired) electrons. The molecule has 9 nitrogen and oxygen atoms in total. The Balaban J connectivity index is 1.28. The van der Waals surface area contributed by atoms with Gasteiger partial charge in [-0.3, -0.25) is 9.59 Å². The van der Waals surface area contributed by atoms with Gasteiger partial charge < -0.3 is 23.9 Å². The molecule has 5 rings (SSSR count). The number of nitrogens with zero attached hydrogens (tertiary/aromatic N) is 1. The summed E-state index contributed by atoms with van der Waals surface area (Å²) in [6, 6.07) is 14.3. The van der Waals surface area contributed by atoms with Crippen molar-refractivity contribution in [3.05, 3.63) is 71.2 Å². The number of para-hydroxylation sites is 1. The number of carbonyl (C=O) groups is 2. The molecule has 1 aromatic heterocycles. The molecule has 3 aromatic rings. The quantitative estimate of drug-likeness (QED) is 0.540. The van der Waals surface area contributed by atoms with Crippen molar-refractivity contribution < 1.29 is 28.2 Å². The molecule has 0 bridgehead atoms. The van der Waals surface area contributed by atoms with Gasteiger partial charge in [-0.15, -0.1) is 0 Å². The fraction of sp³-hybridized carbons (Fsp3) is 0.240. The van der Waals surface area contributed by atoms with Gasteiger partial charge in [-0.1, -0.05) is 18.2 Å². The lowest BCUT2D eigenvalue weighted by atomic mass is 9.93. The molecule has 0 unspecified atom stereocenters. The third-order valence-corrected chi connectivity index (χ3v) is 5.59. The van der Waals surface area contributed by atoms with Crippen molar-refractivity contribution in [3.63, 3.8) is 0 Å². The van der Waals surface area contributed by atoms with Gasteiger partial charge in [-0.25, -0.2) is 5.43 Å². The number of hydrazone groups is 1. The second-order valence-electron chi connectivity index (χ2n) is 7.93. The summed E-state index contributed by atoms with van der Waals surface area (Å²) < 4.78 is 22.0. The number of aryl methyl sites for hydroxylation is 1. The topological polar surface area (TPSA) is 111 Å². The van der Waals surface area contributed by atoms with Crippen molar-refractivity contribution in [1.82, 2.24) is 5.43 Å². The first kappa shape index (κ1) is 21.6. The van der Waals surface area contributed by atoms with E-state index in [2.05, 4.69) is 15.8 Å². The summed E-state index contributed by atoms with van der Waals surface area (Å²) >= 11 is 0. The summed E-state index contributed by atoms with van der Waals surface area (Å²) in [7, 11) is 0. The summed E-state index contributed by atoms with van der Waals surface area (Å²) in [5, 5.41) is 7.15. The molecular formula is C25H23N3O6. The fourth-order valence-corrected chi connectivity index (χ4v) is 3.99. The number of anilines is 1. The number of ether oxygens (including phenoxy) is 3. The van der Waals surface area contributed by atoms with E-state index >= 15 is 0 Å². The highest BCUT2D eigenvalue weighted by Crippen LogP contribution is 2.35. The van der Waals surface area contributed by atoms with Crippen molar-refractivity contribution in [2.24, 2.45) is 5.10 Å². The molecule has 2 N–H and O–H groups in total. The Morgan fingerprint density at radius 2 is 1.88 bits per heavy atom. The molecule has 1 aliphatic heterocycles. The van der Waals surface area contributed by atoms with Crippen LogP contribution >= 0.6 is 0 Å². The van der Waals surface area contributed by atoms with E-state index in [9.17, 15) is 9.59 Å². The Hall–Kier alpha value is -4.27. The monoisotopic (exact) mass is 461 g/mol. The SMILES string of the molecule is Cc1c(C(=O)Nc2ccc3c(c2)OCO3)oc2c1/C(=N/NC(=O)COc1ccccc1)CCC2. The van der Waals surface area contributed by atoms with Crippen LogP contribution in [-0.4, -0.2) is 30.9 Å². The molecule has 174 valence electrons. The van der Waals surface area contributed by atoms with Crippen LogP contribution in [-0.2, 0) is 11.2 Å². The number of amides is 2. The summed E-state index contributed by atoms with van der Waals surface area (Å²) in [4.78, 5) is 25.1. The van der Waals surface area contributed by atoms with E-state index in [4.69, 9.17) is 18.6 Å². The molecule has 9 heteroatoms. The zero-order valence-electron chi connectivity index (χ0n) is 18.6. The number of carbonyl (C=O) groups excluding carboxylic acids is 2. The average Bonchev–Trinajstić information content (AvgIpc) is 3.46. The van der Waals surface area contributed by atoms with E-state index in [0.29, 0.717) is 52.8 Å². The van der Waals surface area contributed by atoms with Crippen LogP contribution in [0.1, 0.15) is 40.3 Å². The fourth-order valence-electron chi connectivity index (χ4n) is 3.99. The maximum Gasteiger partial charge on any atom is 0.291 e. The Bertz CT molecular complexity index is 1270. The van der Waals surface area contributed by atoms with Crippen LogP contribution in [0.2, 0.25) is 0 Å². The number of rotatable bonds is 6. The Morgan fingerprint density at radius 3 is 2.74 bits per heavy atom. The first-order chi connectivity index (χ1) is 16.6. The van der Waals surface area contributed by atoms with Gasteiger partial charge in [-0.2, -0.15) is 5.10 Å². The number of fused-ring (bicyclic) bond motifs is 2. The molecule has 2 aromatic carbocycles. The number of hydrogen-bond donors (Lipinski definition) is 2. The third-order valence-electron chi connectivity index (χ3n) is 5.59. The minimum absolute atomic E-state index is 0.152. The van der Waals surface area contributed by atoms with E-state index in [1.807, 2.05) is 25.1 Å². The summed E-state index contributed by atoms with van der Waals surface area (Å²) in [5.74, 6) is 1.99. The van der Waals surface area contributed by atoms with Crippen molar-refractivity contribution >= 4 is 23.2 Å². The minimum atomic E-state index is -0.370. The third kappa shape index (κ3) is 4.45. The van der Waals surface area contributed by atoms with Gasteiger partial charge in [-0.05, 0) is 44.0 Å². The molecule has 0 atom stereocenters. The molecule has 0 fully saturated rings. The highest BCUT2D eigenvalue weighted by atomic mass is 16.7. The smallest absolute Gasteiger partial charge is 0.291 e. The number of hydrogen-bond acceptors (Lipinski definition) is 7. The predicted octanol–water partition coefficient (Wildman–Crippen LogP) is 3.80. The van der Waals surface area contributed by atoms with E-state index in [-0.39, 0.29) is 31.0 Å². The summed E-state index contributed by atoms with van der Waals surface area (Å²) in [5.41, 5.74) is 5.25. The summed E-state index contributed by atoms with van der Waals surface area (Å²) in [6.07, 6.45) is 2.16. The predicted molar refractivity (Wildman–Crippen MR) is 124 cm³/mol. The summed E-state index contributed by atoms with van der Waals surface area (Å²) in [6.45, 7) is 1.83. The first-order valence-electron chi connectivity index (χ1n) is 11.0. The molecule has 0 saturated heterocycles. The average molecular weight is 461 g/mol. The Morgan fingerprint density at radius 1 is 1.06 bits per heavy atom. The number of nitrogens with one attached hydrogen (secondary N) is 2. The first-order valence-corrected chi connectivity index (χ1v) is 11.0. The van der Waals surface area contributed by atoms with Gasteiger partial charge in [0.2, 0.25) is 6.79 Å². The van der Waals surface area contributed by atoms with Gasteiger partial charge in [0.1, 0.15) is 11.5 Å². The lowest BCUT2D eigenvalue weighted by molar-refractivity contribution is -0.123. The molecule has 2 heterocycles. The van der Waals surface area contributed by atoms with Crippen LogP contribution in [0.4, 0.5) is 5.69 Å². The minimum Gasteiger partial charge on any atom is -0.484 e. The second kappa shape index (κ2) is 9.30. The Kier molecular flexibility index (Phi) is 5.90. The highest BCUT2D eigenvalue weighted by molar-refractivity contribution is 6.09. The normalized spacial score (nSPS) is 15.0. The number of benzene rings is 2. The van der Waals surface area contributed by atoms with Crippen molar-refractivity contribution in [2.75, 3.05) is 18.7 Å². The molecule has 0 saturated carbocycles. The van der Waals surface area contributed by atoms with Crippen LogP contribution in [0.5, 0.6) is 17.2 Å². The van der Waals surface area contributed by atoms with Crippen molar-refractivity contribution in [3.8, 4) is 17.2 Å². The molecule has 34 heavy (non-hydrogen) atoms. The molecule has 1 aliphatic carbocycles. The zero-order chi connectivity index (χ0) is 23.5. The van der Waals surface area contributed by atoms with Gasteiger partial charge in [0.05, 0.1) is 5.71 Å². The van der Waals surface area contributed by atoms with Crippen LogP contribution in [0, 0.1) is 6.92 Å². The van der Waals surface area contributed by atoms with Crippen LogP contribution in [0.15, 0.2) is 58.0 Å². The zero-order valence-corrected chi connectivity index (χ0v) is 18.6. The lowest BCUT2D eigenvalue weighted by Crippen LogP contribution is -2.27. The van der Waals surface area contributed by atoms with Gasteiger partial charge >= 0.3 is 0 Å². The lowest BCUT2D eigenvalue weighted by Gasteiger charge is -2.13. The van der Waals surface area contributed by atoms with E-state index in [1.165, 1.54) is 0 Å². The molecule has 0 spiro atoms. The van der Waals surface area contributed by atoms with Crippen LogP contribution < -0.4 is 25.0 Å². The van der Waals surface area contributed by atoms with Gasteiger partial charge in [0.15, 0.2) is 23.9 Å². The standard InChI is InChI=1S/C25H23N3O6/c1-15-23-18(27-28-22(29)13-31-17-6-3-2-4-7-17)8-5-9-20(23)34-24(15)25(30)26-16-10-11-19-21(12-16)33-14-32-19/h2-4,6-7,10-12H,5,8-9,13-14H2,1H3,(H,26,30)(H,28,29)/b27-18+. The van der Waals surface area contributed by atoms with E-state index in [0.717, 1.165) is 12.0 Å². The van der Waals surface area contributed by atoms with Crippen LogP contribution in [0.25, 0.3) is 0 Å². The Labute approximate surface area is 195 Å². The molecule has 2 aliphatic rings. The maximum atomic E-state index is 12.9. The van der Waals surface area contributed by atoms with Crippen molar-refractivity contribution in [1.29, 1.82) is 0 Å². The highest BCUT2D eigenvalue weighted by Gasteiger charge is 2.28. The van der Waals surface area contributed by atoms with Gasteiger partial charge in [0, 0.05) is 29.3 Å². The number of furan rings is 1. The molecular weight excluding hydrogens is 438 g/mol. The maximum absolute atomic E-state index is 12.9. The van der Waals surface area contributed by atoms with Crippen LogP contribution in [0.3, 0.4) is 0 Å². The van der Waals surface area contributed by atoms with Crippen molar-refractivity contribution in [2.45, 2.75) is 26.2 Å². The van der Waals surface area contributed by atoms with E-state index < -0.39 is 0 Å². The molecule has 2 amide bonds. The van der Waals surface area contributed by atoms with E-state index in [1.54, 1.807) is 30.3 Å².